The molecule has 1 aromatic carbocycles. The van der Waals surface area contributed by atoms with E-state index < -0.39 is 0 Å². The molecule has 130 valence electrons. The highest BCUT2D eigenvalue weighted by atomic mass is 35.5. The van der Waals surface area contributed by atoms with Crippen molar-refractivity contribution in [1.82, 2.24) is 19.7 Å². The molecule has 3 aromatic heterocycles. The zero-order valence-electron chi connectivity index (χ0n) is 13.6. The van der Waals surface area contributed by atoms with Gasteiger partial charge >= 0.3 is 0 Å². The smallest absolute Gasteiger partial charge is 0.229 e. The number of carbonyl (C=O) groups excluding carboxylic acids is 1. The first-order valence-corrected chi connectivity index (χ1v) is 9.48. The fraction of sp³-hybridized carbons (Fsp3) is 0.167. The molecular weight excluding hydrogens is 370 g/mol. The average Bonchev–Trinajstić information content (AvgIpc) is 3.06. The third-order valence-electron chi connectivity index (χ3n) is 4.40. The number of fused-ring (bicyclic) bond motifs is 1. The zero-order chi connectivity index (χ0) is 17.7. The van der Waals surface area contributed by atoms with E-state index in [0.717, 1.165) is 34.6 Å². The molecule has 8 heteroatoms. The van der Waals surface area contributed by atoms with Crippen molar-refractivity contribution in [2.24, 2.45) is 5.92 Å². The van der Waals surface area contributed by atoms with Crippen LogP contribution in [-0.4, -0.2) is 25.7 Å². The van der Waals surface area contributed by atoms with Crippen molar-refractivity contribution in [1.29, 1.82) is 0 Å². The van der Waals surface area contributed by atoms with Crippen molar-refractivity contribution < 1.29 is 4.79 Å². The first kappa shape index (κ1) is 15.6. The van der Waals surface area contributed by atoms with Crippen LogP contribution in [0.5, 0.6) is 0 Å². The summed E-state index contributed by atoms with van der Waals surface area (Å²) in [5.74, 6) is 0.934. The van der Waals surface area contributed by atoms with Crippen LogP contribution in [-0.2, 0) is 4.79 Å². The number of amides is 1. The Morgan fingerprint density at radius 2 is 2.12 bits per heavy atom. The van der Waals surface area contributed by atoms with Gasteiger partial charge in [-0.3, -0.25) is 14.5 Å². The number of benzene rings is 1. The van der Waals surface area contributed by atoms with Crippen LogP contribution in [0.3, 0.4) is 0 Å². The van der Waals surface area contributed by atoms with Crippen molar-refractivity contribution in [3.63, 3.8) is 0 Å². The summed E-state index contributed by atoms with van der Waals surface area (Å²) in [6, 6.07) is 11.7. The molecule has 1 amide bonds. The third kappa shape index (κ3) is 2.60. The van der Waals surface area contributed by atoms with Gasteiger partial charge in [0.25, 0.3) is 0 Å². The van der Waals surface area contributed by atoms with E-state index in [9.17, 15) is 4.79 Å². The van der Waals surface area contributed by atoms with Gasteiger partial charge < -0.3 is 5.32 Å². The Morgan fingerprint density at radius 1 is 1.27 bits per heavy atom. The van der Waals surface area contributed by atoms with E-state index in [1.54, 1.807) is 0 Å². The Morgan fingerprint density at radius 3 is 2.92 bits per heavy atom. The molecule has 0 unspecified atom stereocenters. The minimum absolute atomic E-state index is 0.0497. The molecule has 1 fully saturated rings. The standard InChI is InChI=1S/C18H14ClN5OS/c19-12-5-2-1-4-11(12)13-6-3-9-24(13)16-14-15(22-23-16)20-18(26-14)21-17(25)10-7-8-10/h1-6,9-10H,7-8H2,(H2,20,21,22,23,25). The molecule has 3 heterocycles. The van der Waals surface area contributed by atoms with Gasteiger partial charge in [0.2, 0.25) is 5.91 Å². The summed E-state index contributed by atoms with van der Waals surface area (Å²) in [6.45, 7) is 0. The molecule has 1 aliphatic carbocycles. The second kappa shape index (κ2) is 5.96. The molecule has 0 bridgehead atoms. The van der Waals surface area contributed by atoms with Gasteiger partial charge in [-0.1, -0.05) is 41.1 Å². The van der Waals surface area contributed by atoms with Crippen molar-refractivity contribution in [2.45, 2.75) is 12.8 Å². The van der Waals surface area contributed by atoms with Crippen LogP contribution in [0.2, 0.25) is 5.02 Å². The number of anilines is 1. The monoisotopic (exact) mass is 383 g/mol. The average molecular weight is 384 g/mol. The lowest BCUT2D eigenvalue weighted by molar-refractivity contribution is -0.117. The molecule has 26 heavy (non-hydrogen) atoms. The predicted octanol–water partition coefficient (Wildman–Crippen LogP) is 4.48. The van der Waals surface area contributed by atoms with E-state index in [1.807, 2.05) is 47.2 Å². The van der Waals surface area contributed by atoms with Gasteiger partial charge in [-0.2, -0.15) is 5.10 Å². The van der Waals surface area contributed by atoms with Crippen molar-refractivity contribution in [3.05, 3.63) is 47.6 Å². The SMILES string of the molecule is O=C(Nc1nc2[nH]nc(-n3cccc3-c3ccccc3Cl)c2s1)C1CC1. The number of nitrogens with one attached hydrogen (secondary N) is 2. The van der Waals surface area contributed by atoms with Gasteiger partial charge in [0.05, 0.1) is 5.69 Å². The zero-order valence-corrected chi connectivity index (χ0v) is 15.1. The predicted molar refractivity (Wildman–Crippen MR) is 103 cm³/mol. The number of hydrogen-bond donors (Lipinski definition) is 2. The summed E-state index contributed by atoms with van der Waals surface area (Å²) in [5.41, 5.74) is 2.54. The van der Waals surface area contributed by atoms with Gasteiger partial charge in [0.1, 0.15) is 4.70 Å². The summed E-state index contributed by atoms with van der Waals surface area (Å²) in [6.07, 6.45) is 3.87. The van der Waals surface area contributed by atoms with Crippen LogP contribution in [0, 0.1) is 5.92 Å². The van der Waals surface area contributed by atoms with Crippen LogP contribution >= 0.6 is 22.9 Å². The maximum atomic E-state index is 12.0. The highest BCUT2D eigenvalue weighted by Gasteiger charge is 2.30. The molecule has 0 atom stereocenters. The van der Waals surface area contributed by atoms with Crippen LogP contribution in [0.25, 0.3) is 27.4 Å². The molecule has 0 spiro atoms. The molecule has 4 aromatic rings. The maximum Gasteiger partial charge on any atom is 0.229 e. The van der Waals surface area contributed by atoms with E-state index in [4.69, 9.17) is 11.6 Å². The lowest BCUT2D eigenvalue weighted by atomic mass is 10.1. The summed E-state index contributed by atoms with van der Waals surface area (Å²) < 4.78 is 2.87. The molecule has 2 N–H and O–H groups in total. The maximum absolute atomic E-state index is 12.0. The number of rotatable bonds is 4. The van der Waals surface area contributed by atoms with Gasteiger partial charge in [-0.05, 0) is 31.0 Å². The number of hydrogen-bond acceptors (Lipinski definition) is 4. The minimum atomic E-state index is 0.0497. The van der Waals surface area contributed by atoms with Crippen molar-refractivity contribution in [3.8, 4) is 17.1 Å². The highest BCUT2D eigenvalue weighted by Crippen LogP contribution is 2.35. The summed E-state index contributed by atoms with van der Waals surface area (Å²) in [4.78, 5) is 16.4. The molecule has 0 saturated heterocycles. The number of aromatic amines is 1. The molecule has 5 rings (SSSR count). The van der Waals surface area contributed by atoms with Gasteiger partial charge in [-0.25, -0.2) is 4.98 Å². The Labute approximate surface area is 157 Å². The second-order valence-corrected chi connectivity index (χ2v) is 7.66. The minimum Gasteiger partial charge on any atom is -0.302 e. The first-order chi connectivity index (χ1) is 12.7. The molecule has 0 radical (unpaired) electrons. The second-order valence-electron chi connectivity index (χ2n) is 6.25. The van der Waals surface area contributed by atoms with Crippen molar-refractivity contribution >= 4 is 44.3 Å². The molecule has 1 aliphatic rings. The van der Waals surface area contributed by atoms with E-state index in [0.29, 0.717) is 15.8 Å². The first-order valence-electron chi connectivity index (χ1n) is 8.29. The lowest BCUT2D eigenvalue weighted by Crippen LogP contribution is -2.12. The number of thiazole rings is 1. The number of halogens is 1. The quantitative estimate of drug-likeness (QED) is 0.545. The largest absolute Gasteiger partial charge is 0.302 e. The summed E-state index contributed by atoms with van der Waals surface area (Å²) in [5, 5.41) is 11.5. The van der Waals surface area contributed by atoms with Gasteiger partial charge in [-0.15, -0.1) is 0 Å². The lowest BCUT2D eigenvalue weighted by Gasteiger charge is -2.08. The van der Waals surface area contributed by atoms with E-state index in [1.165, 1.54) is 11.3 Å². The van der Waals surface area contributed by atoms with E-state index in [-0.39, 0.29) is 11.8 Å². The van der Waals surface area contributed by atoms with E-state index >= 15 is 0 Å². The van der Waals surface area contributed by atoms with Crippen LogP contribution < -0.4 is 5.32 Å². The Balaban J connectivity index is 1.56. The topological polar surface area (TPSA) is 75.6 Å². The van der Waals surface area contributed by atoms with Crippen LogP contribution in [0.4, 0.5) is 5.13 Å². The Bertz CT molecular complexity index is 1120. The number of aromatic nitrogens is 4. The Kier molecular flexibility index (Phi) is 3.58. The van der Waals surface area contributed by atoms with Crippen LogP contribution in [0.1, 0.15) is 12.8 Å². The van der Waals surface area contributed by atoms with E-state index in [2.05, 4.69) is 20.5 Å². The van der Waals surface area contributed by atoms with Gasteiger partial charge in [0, 0.05) is 22.7 Å². The fourth-order valence-electron chi connectivity index (χ4n) is 2.93. The van der Waals surface area contributed by atoms with Crippen LogP contribution in [0.15, 0.2) is 42.6 Å². The summed E-state index contributed by atoms with van der Waals surface area (Å²) in [7, 11) is 0. The number of carbonyl (C=O) groups is 1. The summed E-state index contributed by atoms with van der Waals surface area (Å²) >= 11 is 7.79. The Hall–Kier alpha value is -2.64. The molecular formula is C18H14ClN5OS. The molecule has 0 aliphatic heterocycles. The number of H-pyrrole nitrogens is 1. The molecule has 6 nitrogen and oxygen atoms in total. The number of nitrogens with zero attached hydrogens (tertiary/aromatic N) is 3. The van der Waals surface area contributed by atoms with Gasteiger partial charge in [0.15, 0.2) is 16.6 Å². The van der Waals surface area contributed by atoms with Crippen molar-refractivity contribution in [2.75, 3.05) is 5.32 Å². The molecule has 1 saturated carbocycles. The third-order valence-corrected chi connectivity index (χ3v) is 5.70. The highest BCUT2D eigenvalue weighted by molar-refractivity contribution is 7.22. The normalized spacial score (nSPS) is 14.0. The fourth-order valence-corrected chi connectivity index (χ4v) is 4.07.